The highest BCUT2D eigenvalue weighted by molar-refractivity contribution is 6.17. The molecule has 0 amide bonds. The van der Waals surface area contributed by atoms with Crippen molar-refractivity contribution in [1.29, 1.82) is 0 Å². The summed E-state index contributed by atoms with van der Waals surface area (Å²) < 4.78 is 7.35. The summed E-state index contributed by atoms with van der Waals surface area (Å²) in [6.07, 6.45) is 0. The second kappa shape index (κ2) is 19.5. The van der Waals surface area contributed by atoms with Crippen molar-refractivity contribution in [1.82, 2.24) is 0 Å². The summed E-state index contributed by atoms with van der Waals surface area (Å²) in [6.45, 7) is 0. The average molecular weight is 1080 g/mol. The predicted molar refractivity (Wildman–Crippen MR) is 355 cm³/mol. The summed E-state index contributed by atoms with van der Waals surface area (Å²) in [4.78, 5) is 7.25. The number of benzene rings is 14. The van der Waals surface area contributed by atoms with E-state index in [0.29, 0.717) is 0 Å². The summed E-state index contributed by atoms with van der Waals surface area (Å²) in [5.74, 6) is 0. The largest absolute Gasteiger partial charge is 0.454 e. The number of fused-ring (bicyclic) bond motifs is 14. The smallest absolute Gasteiger partial charge is 0.159 e. The zero-order chi connectivity index (χ0) is 56.0. The van der Waals surface area contributed by atoms with Crippen molar-refractivity contribution >= 4 is 94.7 Å². The van der Waals surface area contributed by atoms with Gasteiger partial charge < -0.3 is 19.1 Å². The van der Waals surface area contributed by atoms with Crippen LogP contribution in [0.15, 0.2) is 326 Å². The van der Waals surface area contributed by atoms with Crippen LogP contribution in [0.4, 0.5) is 51.2 Å². The molecule has 1 spiro atoms. The first-order valence-corrected chi connectivity index (χ1v) is 29.2. The minimum absolute atomic E-state index is 0.577. The number of nitrogens with zero attached hydrogens (tertiary/aromatic N) is 3. The summed E-state index contributed by atoms with van der Waals surface area (Å²) in [6, 6.07) is 117. The highest BCUT2D eigenvalue weighted by Crippen LogP contribution is 2.64. The fourth-order valence-corrected chi connectivity index (χ4v) is 14.3. The van der Waals surface area contributed by atoms with Gasteiger partial charge in [-0.05, 0) is 168 Å². The molecule has 1 aliphatic heterocycles. The van der Waals surface area contributed by atoms with E-state index in [2.05, 4.69) is 336 Å². The number of furan rings is 1. The monoisotopic (exact) mass is 1080 g/mol. The van der Waals surface area contributed by atoms with Crippen LogP contribution in [0.3, 0.4) is 0 Å². The molecule has 0 saturated carbocycles. The quantitative estimate of drug-likeness (QED) is 0.144. The predicted octanol–water partition coefficient (Wildman–Crippen LogP) is 22.3. The van der Waals surface area contributed by atoms with E-state index in [1.165, 1.54) is 77.4 Å². The number of hydrogen-bond donors (Lipinski definition) is 0. The van der Waals surface area contributed by atoms with E-state index < -0.39 is 5.41 Å². The van der Waals surface area contributed by atoms with E-state index in [0.717, 1.165) is 72.9 Å². The molecule has 0 fully saturated rings. The van der Waals surface area contributed by atoms with Crippen LogP contribution in [0.5, 0.6) is 0 Å². The molecule has 0 unspecified atom stereocenters. The first-order chi connectivity index (χ1) is 42.2. The lowest BCUT2D eigenvalue weighted by atomic mass is 9.64. The standard InChI is InChI=1S/C81H53N3O/c1-3-29-58(30-4-1)82(62-49-50-71-69(53-62)67-37-11-12-41-70(67)81(71)72-42-13-15-44-74(72)84(59-31-5-2-6-32-59)75-45-16-14-43-73(75)81)76-46-22-48-78-79(76)68-40-21-47-77(80(68)85-78)83(60-33-17-27-56(51-60)65-38-19-25-54-23-7-9-35-63(54)65)61-34-18-28-57(52-61)66-39-20-26-55-24-8-10-36-64(55)66/h1-53H. The molecule has 4 nitrogen and oxygen atoms in total. The summed E-state index contributed by atoms with van der Waals surface area (Å²) in [7, 11) is 0. The molecule has 17 rings (SSSR count). The van der Waals surface area contributed by atoms with Crippen LogP contribution < -0.4 is 14.7 Å². The summed E-state index contributed by atoms with van der Waals surface area (Å²) in [5.41, 5.74) is 22.8. The lowest BCUT2D eigenvalue weighted by molar-refractivity contribution is 0.669. The van der Waals surface area contributed by atoms with E-state index >= 15 is 0 Å². The van der Waals surface area contributed by atoms with Gasteiger partial charge in [-0.15, -0.1) is 0 Å². The van der Waals surface area contributed by atoms with Crippen LogP contribution in [-0.4, -0.2) is 0 Å². The first-order valence-electron chi connectivity index (χ1n) is 29.2. The third-order valence-corrected chi connectivity index (χ3v) is 17.8. The second-order valence-corrected chi connectivity index (χ2v) is 22.3. The molecule has 14 aromatic carbocycles. The maximum atomic E-state index is 7.35. The van der Waals surface area contributed by atoms with Crippen molar-refractivity contribution in [3.8, 4) is 33.4 Å². The van der Waals surface area contributed by atoms with Gasteiger partial charge in [-0.2, -0.15) is 0 Å². The van der Waals surface area contributed by atoms with Gasteiger partial charge in [0.2, 0.25) is 0 Å². The molecule has 1 aliphatic carbocycles. The molecule has 0 atom stereocenters. The van der Waals surface area contributed by atoms with Gasteiger partial charge >= 0.3 is 0 Å². The average Bonchev–Trinajstić information content (AvgIpc) is 2.57. The Morgan fingerprint density at radius 3 is 1.42 bits per heavy atom. The molecule has 0 bridgehead atoms. The van der Waals surface area contributed by atoms with Crippen LogP contribution in [0.2, 0.25) is 0 Å². The molecule has 85 heavy (non-hydrogen) atoms. The van der Waals surface area contributed by atoms with Gasteiger partial charge in [0, 0.05) is 33.8 Å². The van der Waals surface area contributed by atoms with Gasteiger partial charge in [-0.1, -0.05) is 231 Å². The number of rotatable bonds is 9. The Balaban J connectivity index is 0.861. The Morgan fingerprint density at radius 2 is 0.753 bits per heavy atom. The van der Waals surface area contributed by atoms with Crippen molar-refractivity contribution in [3.63, 3.8) is 0 Å². The van der Waals surface area contributed by atoms with Crippen molar-refractivity contribution in [3.05, 3.63) is 344 Å². The zero-order valence-corrected chi connectivity index (χ0v) is 46.3. The Labute approximate surface area is 493 Å². The zero-order valence-electron chi connectivity index (χ0n) is 46.3. The number of anilines is 9. The van der Waals surface area contributed by atoms with Crippen molar-refractivity contribution in [2.24, 2.45) is 0 Å². The molecule has 15 aromatic rings. The van der Waals surface area contributed by atoms with E-state index in [1.807, 2.05) is 0 Å². The summed E-state index contributed by atoms with van der Waals surface area (Å²) >= 11 is 0. The van der Waals surface area contributed by atoms with E-state index in [-0.39, 0.29) is 0 Å². The Kier molecular flexibility index (Phi) is 11.1. The van der Waals surface area contributed by atoms with Gasteiger partial charge in [0.05, 0.1) is 33.6 Å². The maximum Gasteiger partial charge on any atom is 0.159 e. The van der Waals surface area contributed by atoms with Crippen LogP contribution >= 0.6 is 0 Å². The van der Waals surface area contributed by atoms with Gasteiger partial charge in [-0.3, -0.25) is 0 Å². The molecule has 0 N–H and O–H groups in total. The Hall–Kier alpha value is -11.2. The molecule has 0 radical (unpaired) electrons. The first kappa shape index (κ1) is 48.5. The number of para-hydroxylation sites is 5. The van der Waals surface area contributed by atoms with Gasteiger partial charge in [0.1, 0.15) is 5.58 Å². The van der Waals surface area contributed by atoms with E-state index in [9.17, 15) is 0 Å². The fourth-order valence-electron chi connectivity index (χ4n) is 14.3. The van der Waals surface area contributed by atoms with Gasteiger partial charge in [0.25, 0.3) is 0 Å². The molecular weight excluding hydrogens is 1030 g/mol. The molecule has 4 heteroatoms. The normalized spacial score (nSPS) is 12.8. The van der Waals surface area contributed by atoms with Crippen molar-refractivity contribution in [2.75, 3.05) is 14.7 Å². The molecule has 398 valence electrons. The minimum atomic E-state index is -0.577. The van der Waals surface area contributed by atoms with Crippen LogP contribution in [0, 0.1) is 0 Å². The SMILES string of the molecule is c1ccc(N2c3ccccc3C3(c4ccccc4-c4cc(N(c5ccccc5)c5cccc6oc7c(N(c8cccc(-c9cccc%10ccccc9%10)c8)c8cccc(-c9cccc%10ccccc9%10)c8)cccc7c56)ccc43)c3ccccc32)cc1. The third kappa shape index (κ3) is 7.49. The molecule has 2 heterocycles. The maximum absolute atomic E-state index is 7.35. The Morgan fingerprint density at radius 1 is 0.294 bits per heavy atom. The minimum Gasteiger partial charge on any atom is -0.454 e. The third-order valence-electron chi connectivity index (χ3n) is 17.8. The number of hydrogen-bond acceptors (Lipinski definition) is 4. The topological polar surface area (TPSA) is 22.9 Å². The Bertz CT molecular complexity index is 4940. The lowest BCUT2D eigenvalue weighted by Crippen LogP contribution is -2.36. The van der Waals surface area contributed by atoms with Crippen molar-refractivity contribution < 1.29 is 4.42 Å². The van der Waals surface area contributed by atoms with E-state index in [4.69, 9.17) is 4.42 Å². The van der Waals surface area contributed by atoms with Crippen molar-refractivity contribution in [2.45, 2.75) is 5.41 Å². The van der Waals surface area contributed by atoms with Crippen LogP contribution in [-0.2, 0) is 5.41 Å². The molecule has 1 aromatic heterocycles. The van der Waals surface area contributed by atoms with Crippen LogP contribution in [0.25, 0.3) is 76.9 Å². The van der Waals surface area contributed by atoms with E-state index in [1.54, 1.807) is 0 Å². The molecular formula is C81H53N3O. The van der Waals surface area contributed by atoms with Crippen LogP contribution in [0.1, 0.15) is 22.3 Å². The molecule has 2 aliphatic rings. The lowest BCUT2D eigenvalue weighted by Gasteiger charge is -2.45. The fraction of sp³-hybridized carbons (Fsp3) is 0.0123. The van der Waals surface area contributed by atoms with Gasteiger partial charge in [0.15, 0.2) is 5.58 Å². The highest BCUT2D eigenvalue weighted by atomic mass is 16.3. The highest BCUT2D eigenvalue weighted by Gasteiger charge is 2.51. The van der Waals surface area contributed by atoms with Gasteiger partial charge in [-0.25, -0.2) is 0 Å². The molecule has 0 saturated heterocycles. The summed E-state index contributed by atoms with van der Waals surface area (Å²) in [5, 5.41) is 6.91. The second-order valence-electron chi connectivity index (χ2n) is 22.3.